The van der Waals surface area contributed by atoms with Gasteiger partial charge in [-0.25, -0.2) is 17.8 Å². The van der Waals surface area contributed by atoms with Crippen LogP contribution in [0.4, 0.5) is 4.39 Å². The maximum atomic E-state index is 13.9. The van der Waals surface area contributed by atoms with Gasteiger partial charge in [0.05, 0.1) is 16.3 Å². The van der Waals surface area contributed by atoms with Crippen molar-refractivity contribution in [1.29, 1.82) is 0 Å². The zero-order valence-electron chi connectivity index (χ0n) is 14.9. The van der Waals surface area contributed by atoms with Crippen LogP contribution in [0.5, 0.6) is 0 Å². The van der Waals surface area contributed by atoms with E-state index < -0.39 is 15.8 Å². The van der Waals surface area contributed by atoms with Crippen LogP contribution in [0.15, 0.2) is 53.4 Å². The lowest BCUT2D eigenvalue weighted by Gasteiger charge is -2.36. The van der Waals surface area contributed by atoms with E-state index in [1.165, 1.54) is 22.5 Å². The van der Waals surface area contributed by atoms with E-state index in [0.717, 1.165) is 15.2 Å². The van der Waals surface area contributed by atoms with Gasteiger partial charge in [0, 0.05) is 26.2 Å². The molecular weight excluding hydrogens is 385 g/mol. The third kappa shape index (κ3) is 3.50. The van der Waals surface area contributed by atoms with Crippen molar-refractivity contribution < 1.29 is 12.8 Å². The molecule has 1 unspecified atom stereocenters. The summed E-state index contributed by atoms with van der Waals surface area (Å²) in [5, 5.41) is 1.03. The van der Waals surface area contributed by atoms with E-state index in [-0.39, 0.29) is 10.9 Å². The summed E-state index contributed by atoms with van der Waals surface area (Å²) in [4.78, 5) is 6.69. The fourth-order valence-corrected chi connectivity index (χ4v) is 5.89. The molecule has 5 nitrogen and oxygen atoms in total. The highest BCUT2D eigenvalue weighted by Gasteiger charge is 2.32. The van der Waals surface area contributed by atoms with E-state index in [2.05, 4.69) is 17.9 Å². The van der Waals surface area contributed by atoms with E-state index in [9.17, 15) is 12.8 Å². The number of thiazole rings is 1. The minimum atomic E-state index is -3.81. The Morgan fingerprint density at radius 1 is 1.04 bits per heavy atom. The summed E-state index contributed by atoms with van der Waals surface area (Å²) in [6.07, 6.45) is 0. The number of hydrogen-bond acceptors (Lipinski definition) is 5. The van der Waals surface area contributed by atoms with Crippen molar-refractivity contribution in [1.82, 2.24) is 14.2 Å². The lowest BCUT2D eigenvalue weighted by molar-refractivity contribution is 0.145. The van der Waals surface area contributed by atoms with Gasteiger partial charge in [-0.1, -0.05) is 24.3 Å². The number of nitrogens with zero attached hydrogens (tertiary/aromatic N) is 3. The third-order valence-electron chi connectivity index (χ3n) is 4.94. The van der Waals surface area contributed by atoms with Gasteiger partial charge < -0.3 is 0 Å². The van der Waals surface area contributed by atoms with Crippen LogP contribution in [0.25, 0.3) is 10.2 Å². The first-order valence-electron chi connectivity index (χ1n) is 8.81. The minimum Gasteiger partial charge on any atom is -0.292 e. The van der Waals surface area contributed by atoms with Crippen molar-refractivity contribution in [2.45, 2.75) is 17.9 Å². The molecule has 1 atom stereocenters. The van der Waals surface area contributed by atoms with Gasteiger partial charge in [0.15, 0.2) is 0 Å². The Kier molecular flexibility index (Phi) is 4.98. The molecule has 1 fully saturated rings. The zero-order valence-corrected chi connectivity index (χ0v) is 16.5. The van der Waals surface area contributed by atoms with Crippen LogP contribution in [0.1, 0.15) is 18.0 Å². The van der Waals surface area contributed by atoms with Crippen molar-refractivity contribution in [2.24, 2.45) is 0 Å². The molecular formula is C19H20FN3O2S2. The summed E-state index contributed by atoms with van der Waals surface area (Å²) in [7, 11) is -3.81. The van der Waals surface area contributed by atoms with Gasteiger partial charge in [0.1, 0.15) is 15.7 Å². The molecule has 142 valence electrons. The summed E-state index contributed by atoms with van der Waals surface area (Å²) < 4.78 is 41.9. The predicted octanol–water partition coefficient (Wildman–Crippen LogP) is 3.50. The Bertz CT molecular complexity index is 1030. The summed E-state index contributed by atoms with van der Waals surface area (Å²) in [5.41, 5.74) is 0.991. The van der Waals surface area contributed by atoms with Gasteiger partial charge in [-0.3, -0.25) is 4.90 Å². The van der Waals surface area contributed by atoms with Gasteiger partial charge in [-0.2, -0.15) is 4.31 Å². The maximum absolute atomic E-state index is 13.9. The highest BCUT2D eigenvalue weighted by Crippen LogP contribution is 2.30. The number of fused-ring (bicyclic) bond motifs is 1. The summed E-state index contributed by atoms with van der Waals surface area (Å²) in [6.45, 7) is 3.95. The maximum Gasteiger partial charge on any atom is 0.246 e. The highest BCUT2D eigenvalue weighted by atomic mass is 32.2. The molecule has 1 aromatic heterocycles. The van der Waals surface area contributed by atoms with E-state index in [4.69, 9.17) is 4.98 Å². The third-order valence-corrected chi connectivity index (χ3v) is 8.08. The van der Waals surface area contributed by atoms with Gasteiger partial charge in [0.25, 0.3) is 0 Å². The summed E-state index contributed by atoms with van der Waals surface area (Å²) in [5.74, 6) is -0.706. The van der Waals surface area contributed by atoms with E-state index in [1.54, 1.807) is 17.4 Å². The molecule has 8 heteroatoms. The second kappa shape index (κ2) is 7.27. The predicted molar refractivity (Wildman–Crippen MR) is 105 cm³/mol. The molecule has 27 heavy (non-hydrogen) atoms. The number of para-hydroxylation sites is 1. The molecule has 0 amide bonds. The van der Waals surface area contributed by atoms with Crippen molar-refractivity contribution in [3.05, 3.63) is 59.4 Å². The summed E-state index contributed by atoms with van der Waals surface area (Å²) >= 11 is 1.67. The van der Waals surface area contributed by atoms with Gasteiger partial charge in [-0.15, -0.1) is 11.3 Å². The van der Waals surface area contributed by atoms with Crippen LogP contribution >= 0.6 is 11.3 Å². The quantitative estimate of drug-likeness (QED) is 0.667. The normalized spacial score (nSPS) is 18.0. The molecule has 0 spiro atoms. The standard InChI is InChI=1S/C19H20FN3O2S2/c1-14(19-21-16-7-3-4-8-17(16)26-19)22-10-12-23(13-11-22)27(24,25)18-9-5-2-6-15(18)20/h2-9,14H,10-13H2,1H3. The molecule has 0 N–H and O–H groups in total. The largest absolute Gasteiger partial charge is 0.292 e. The van der Waals surface area contributed by atoms with Crippen LogP contribution < -0.4 is 0 Å². The van der Waals surface area contributed by atoms with Crippen LogP contribution in [0, 0.1) is 5.82 Å². The Labute approximate surface area is 162 Å². The SMILES string of the molecule is CC(c1nc2ccccc2s1)N1CCN(S(=O)(=O)c2ccccc2F)CC1. The molecule has 2 aromatic carbocycles. The average molecular weight is 406 g/mol. The molecule has 4 rings (SSSR count). The van der Waals surface area contributed by atoms with Crippen LogP contribution in [0.2, 0.25) is 0 Å². The zero-order chi connectivity index (χ0) is 19.0. The molecule has 0 radical (unpaired) electrons. The van der Waals surface area contributed by atoms with Crippen molar-refractivity contribution in [3.63, 3.8) is 0 Å². The minimum absolute atomic E-state index is 0.112. The molecule has 1 saturated heterocycles. The Morgan fingerprint density at radius 3 is 2.41 bits per heavy atom. The molecule has 3 aromatic rings. The van der Waals surface area contributed by atoms with E-state index >= 15 is 0 Å². The fraction of sp³-hybridized carbons (Fsp3) is 0.316. The molecule has 0 aliphatic carbocycles. The molecule has 1 aliphatic heterocycles. The van der Waals surface area contributed by atoms with Gasteiger partial charge in [-0.05, 0) is 31.2 Å². The summed E-state index contributed by atoms with van der Waals surface area (Å²) in [6, 6.07) is 13.7. The Morgan fingerprint density at radius 2 is 1.70 bits per heavy atom. The monoisotopic (exact) mass is 405 g/mol. The first kappa shape index (κ1) is 18.5. The number of halogens is 1. The van der Waals surface area contributed by atoms with Crippen molar-refractivity contribution in [3.8, 4) is 0 Å². The smallest absolute Gasteiger partial charge is 0.246 e. The van der Waals surface area contributed by atoms with Crippen molar-refractivity contribution >= 4 is 31.6 Å². The van der Waals surface area contributed by atoms with E-state index in [0.29, 0.717) is 26.2 Å². The highest BCUT2D eigenvalue weighted by molar-refractivity contribution is 7.89. The molecule has 1 aliphatic rings. The lowest BCUT2D eigenvalue weighted by atomic mass is 10.2. The first-order chi connectivity index (χ1) is 13.0. The Hall–Kier alpha value is -1.87. The lowest BCUT2D eigenvalue weighted by Crippen LogP contribution is -2.49. The topological polar surface area (TPSA) is 53.5 Å². The number of hydrogen-bond donors (Lipinski definition) is 0. The Balaban J connectivity index is 1.47. The number of aromatic nitrogens is 1. The number of sulfonamides is 1. The fourth-order valence-electron chi connectivity index (χ4n) is 3.35. The molecule has 2 heterocycles. The van der Waals surface area contributed by atoms with Crippen LogP contribution in [-0.2, 0) is 10.0 Å². The van der Waals surface area contributed by atoms with Gasteiger partial charge in [0.2, 0.25) is 10.0 Å². The first-order valence-corrected chi connectivity index (χ1v) is 11.1. The number of piperazine rings is 1. The second-order valence-corrected chi connectivity index (χ2v) is 9.53. The van der Waals surface area contributed by atoms with Gasteiger partial charge >= 0.3 is 0 Å². The average Bonchev–Trinajstić information content (AvgIpc) is 3.12. The van der Waals surface area contributed by atoms with E-state index in [1.807, 2.05) is 18.2 Å². The molecule has 0 bridgehead atoms. The molecule has 0 saturated carbocycles. The van der Waals surface area contributed by atoms with Crippen LogP contribution in [0.3, 0.4) is 0 Å². The van der Waals surface area contributed by atoms with Crippen molar-refractivity contribution in [2.75, 3.05) is 26.2 Å². The van der Waals surface area contributed by atoms with Crippen LogP contribution in [-0.4, -0.2) is 48.8 Å². The second-order valence-electron chi connectivity index (χ2n) is 6.57. The number of benzene rings is 2. The number of rotatable bonds is 4.